The molecule has 5 atom stereocenters. The van der Waals surface area contributed by atoms with Gasteiger partial charge in [-0.1, -0.05) is 18.2 Å². The Balaban J connectivity index is 1.68. The van der Waals surface area contributed by atoms with Gasteiger partial charge in [-0.25, -0.2) is 0 Å². The van der Waals surface area contributed by atoms with Crippen LogP contribution in [0.5, 0.6) is 5.75 Å². The van der Waals surface area contributed by atoms with Gasteiger partial charge in [0.05, 0.1) is 0 Å². The highest BCUT2D eigenvalue weighted by Gasteiger charge is 2.56. The largest absolute Gasteiger partial charge is 0.598 e. The predicted molar refractivity (Wildman–Crippen MR) is 92.8 cm³/mol. The van der Waals surface area contributed by atoms with Crippen LogP contribution in [0.15, 0.2) is 24.3 Å². The van der Waals surface area contributed by atoms with Crippen LogP contribution in [0.2, 0.25) is 0 Å². The van der Waals surface area contributed by atoms with Crippen molar-refractivity contribution in [1.82, 2.24) is 10.0 Å². The summed E-state index contributed by atoms with van der Waals surface area (Å²) in [6, 6.07) is 9.28. The fourth-order valence-corrected chi connectivity index (χ4v) is 5.20. The second-order valence-corrected chi connectivity index (χ2v) is 10.2. The molecule has 1 spiro atoms. The summed E-state index contributed by atoms with van der Waals surface area (Å²) >= 11 is -1.11. The Morgan fingerprint density at radius 1 is 1.22 bits per heavy atom. The smallest absolute Gasteiger partial charge is 0.136 e. The quantitative estimate of drug-likeness (QED) is 0.817. The third-order valence-corrected chi connectivity index (χ3v) is 6.93. The van der Waals surface area contributed by atoms with Crippen LogP contribution in [0.1, 0.15) is 58.1 Å². The highest BCUT2D eigenvalue weighted by molar-refractivity contribution is 7.90. The summed E-state index contributed by atoms with van der Waals surface area (Å²) in [6.45, 7) is 6.03. The van der Waals surface area contributed by atoms with Crippen molar-refractivity contribution in [2.75, 3.05) is 0 Å². The topological polar surface area (TPSA) is 56.3 Å². The van der Waals surface area contributed by atoms with Crippen molar-refractivity contribution >= 4 is 11.4 Å². The van der Waals surface area contributed by atoms with Crippen LogP contribution in [0.4, 0.5) is 0 Å². The lowest BCUT2D eigenvalue weighted by atomic mass is 9.80. The summed E-state index contributed by atoms with van der Waals surface area (Å²) in [5.41, 5.74) is 0.896. The van der Waals surface area contributed by atoms with E-state index in [2.05, 4.69) is 16.1 Å². The maximum Gasteiger partial charge on any atom is 0.136 e. The second kappa shape index (κ2) is 5.38. The Morgan fingerprint density at radius 2 is 1.87 bits per heavy atom. The molecule has 0 saturated carbocycles. The van der Waals surface area contributed by atoms with E-state index in [1.165, 1.54) is 12.8 Å². The molecule has 3 aliphatic heterocycles. The van der Waals surface area contributed by atoms with Gasteiger partial charge in [-0.2, -0.15) is 0 Å². The zero-order chi connectivity index (χ0) is 16.2. The Morgan fingerprint density at radius 3 is 2.52 bits per heavy atom. The van der Waals surface area contributed by atoms with E-state index in [4.69, 9.17) is 4.74 Å². The molecule has 2 fully saturated rings. The van der Waals surface area contributed by atoms with Gasteiger partial charge in [-0.05, 0) is 39.7 Å². The first-order chi connectivity index (χ1) is 10.9. The van der Waals surface area contributed by atoms with Gasteiger partial charge in [0, 0.05) is 41.9 Å². The molecule has 3 aliphatic rings. The molecule has 4 nitrogen and oxygen atoms in total. The summed E-state index contributed by atoms with van der Waals surface area (Å²) in [7, 11) is 0. The molecule has 23 heavy (non-hydrogen) atoms. The molecule has 2 saturated heterocycles. The standard InChI is InChI=1S/C18H26N2O2S/c1-17(2,3)23(21)20-16-14-6-4-5-7-15(14)22-18(16)10-12-8-9-13(11-18)19-12/h4-7,12-13,16,19-20H,8-11H2,1-3H3/t12-,13+,16-,18-,23-/m1/s1. The van der Waals surface area contributed by atoms with E-state index in [9.17, 15) is 4.55 Å². The number of piperidine rings is 1. The zero-order valence-electron chi connectivity index (χ0n) is 14.1. The van der Waals surface area contributed by atoms with Gasteiger partial charge in [-0.3, -0.25) is 0 Å². The Bertz CT molecular complexity index is 589. The van der Waals surface area contributed by atoms with Gasteiger partial charge in [0.25, 0.3) is 0 Å². The molecular formula is C18H26N2O2S. The molecule has 0 unspecified atom stereocenters. The molecule has 4 rings (SSSR count). The van der Waals surface area contributed by atoms with Crippen molar-refractivity contribution in [3.63, 3.8) is 0 Å². The molecule has 0 aromatic heterocycles. The predicted octanol–water partition coefficient (Wildman–Crippen LogP) is 2.83. The van der Waals surface area contributed by atoms with E-state index >= 15 is 0 Å². The number of para-hydroxylation sites is 1. The van der Waals surface area contributed by atoms with Gasteiger partial charge in [0.1, 0.15) is 22.1 Å². The lowest BCUT2D eigenvalue weighted by molar-refractivity contribution is 0.0137. The number of fused-ring (bicyclic) bond motifs is 3. The minimum absolute atomic E-state index is 0.00367. The third-order valence-electron chi connectivity index (χ3n) is 5.37. The second-order valence-electron chi connectivity index (χ2n) is 8.18. The number of hydrogen-bond donors (Lipinski definition) is 2. The van der Waals surface area contributed by atoms with E-state index in [0.717, 1.165) is 24.2 Å². The first-order valence-corrected chi connectivity index (χ1v) is 9.74. The van der Waals surface area contributed by atoms with Crippen LogP contribution in [0.3, 0.4) is 0 Å². The molecule has 1 aromatic carbocycles. The summed E-state index contributed by atoms with van der Waals surface area (Å²) in [5, 5.41) is 3.69. The van der Waals surface area contributed by atoms with Crippen molar-refractivity contribution in [1.29, 1.82) is 0 Å². The third kappa shape index (κ3) is 2.68. The number of ether oxygens (including phenoxy) is 1. The average Bonchev–Trinajstić information content (AvgIpc) is 2.97. The van der Waals surface area contributed by atoms with Gasteiger partial charge >= 0.3 is 0 Å². The van der Waals surface area contributed by atoms with Crippen LogP contribution >= 0.6 is 0 Å². The van der Waals surface area contributed by atoms with Gasteiger partial charge < -0.3 is 14.6 Å². The Hall–Kier alpha value is -0.750. The minimum atomic E-state index is -1.11. The zero-order valence-corrected chi connectivity index (χ0v) is 14.9. The lowest BCUT2D eigenvalue weighted by Gasteiger charge is -2.42. The van der Waals surface area contributed by atoms with E-state index in [1.807, 2.05) is 39.0 Å². The monoisotopic (exact) mass is 334 g/mol. The fraction of sp³-hybridized carbons (Fsp3) is 0.667. The molecule has 2 N–H and O–H groups in total. The van der Waals surface area contributed by atoms with Crippen molar-refractivity contribution in [3.05, 3.63) is 29.8 Å². The van der Waals surface area contributed by atoms with Gasteiger partial charge in [-0.15, -0.1) is 4.72 Å². The van der Waals surface area contributed by atoms with Crippen molar-refractivity contribution in [3.8, 4) is 5.75 Å². The van der Waals surface area contributed by atoms with Crippen molar-refractivity contribution in [2.45, 2.75) is 74.9 Å². The molecule has 5 heteroatoms. The highest BCUT2D eigenvalue weighted by atomic mass is 32.2. The van der Waals surface area contributed by atoms with E-state index in [0.29, 0.717) is 12.1 Å². The van der Waals surface area contributed by atoms with Crippen LogP contribution in [-0.2, 0) is 11.4 Å². The summed E-state index contributed by atoms with van der Waals surface area (Å²) in [6.07, 6.45) is 4.41. The van der Waals surface area contributed by atoms with Crippen molar-refractivity contribution < 1.29 is 9.29 Å². The average molecular weight is 334 g/mol. The van der Waals surface area contributed by atoms with E-state index < -0.39 is 11.4 Å². The summed E-state index contributed by atoms with van der Waals surface area (Å²) in [5.74, 6) is 0.956. The maximum absolute atomic E-state index is 12.8. The fourth-order valence-electron chi connectivity index (χ4n) is 4.29. The van der Waals surface area contributed by atoms with Crippen LogP contribution in [0, 0.1) is 0 Å². The SMILES string of the molecule is CC(C)(C)[S@@+]([O-])N[C@@H]1c2ccccc2O[C@@]12C[C@H]1CC[C@@H](C2)N1. The molecule has 126 valence electrons. The summed E-state index contributed by atoms with van der Waals surface area (Å²) < 4.78 is 22.4. The number of nitrogens with one attached hydrogen (secondary N) is 2. The first-order valence-electron chi connectivity index (χ1n) is 8.59. The molecule has 0 amide bonds. The number of hydrogen-bond acceptors (Lipinski definition) is 4. The Labute approximate surface area is 141 Å². The van der Waals surface area contributed by atoms with Gasteiger partial charge in [0.15, 0.2) is 0 Å². The number of benzene rings is 1. The molecule has 0 radical (unpaired) electrons. The first kappa shape index (κ1) is 15.8. The maximum atomic E-state index is 12.8. The number of rotatable bonds is 2. The van der Waals surface area contributed by atoms with Gasteiger partial charge in [0.2, 0.25) is 0 Å². The molecule has 0 aliphatic carbocycles. The minimum Gasteiger partial charge on any atom is -0.598 e. The van der Waals surface area contributed by atoms with Crippen molar-refractivity contribution in [2.24, 2.45) is 0 Å². The molecule has 2 bridgehead atoms. The van der Waals surface area contributed by atoms with Crippen LogP contribution < -0.4 is 14.8 Å². The van der Waals surface area contributed by atoms with E-state index in [1.54, 1.807) is 0 Å². The van der Waals surface area contributed by atoms with Crippen LogP contribution in [0.25, 0.3) is 0 Å². The lowest BCUT2D eigenvalue weighted by Crippen LogP contribution is -2.57. The summed E-state index contributed by atoms with van der Waals surface area (Å²) in [4.78, 5) is 0. The van der Waals surface area contributed by atoms with E-state index in [-0.39, 0.29) is 16.4 Å². The Kier molecular flexibility index (Phi) is 3.69. The normalized spacial score (nSPS) is 36.8. The van der Waals surface area contributed by atoms with Crippen LogP contribution in [-0.4, -0.2) is 27.0 Å². The highest BCUT2D eigenvalue weighted by Crippen LogP contribution is 2.51. The molecule has 1 aromatic rings. The molecular weight excluding hydrogens is 308 g/mol. The molecule has 3 heterocycles.